The molecular formula is C8H17NO2. The van der Waals surface area contributed by atoms with Crippen molar-refractivity contribution in [1.82, 2.24) is 0 Å². The zero-order chi connectivity index (χ0) is 8.27. The first-order chi connectivity index (χ1) is 5.27. The normalized spacial score (nSPS) is 39.0. The molecule has 0 heterocycles. The summed E-state index contributed by atoms with van der Waals surface area (Å²) in [4.78, 5) is 0. The SMILES string of the molecule is NCC1CCC(CO)C(O)C1. The Labute approximate surface area is 67.2 Å². The van der Waals surface area contributed by atoms with Crippen molar-refractivity contribution in [1.29, 1.82) is 0 Å². The van der Waals surface area contributed by atoms with Crippen LogP contribution in [-0.4, -0.2) is 29.5 Å². The Morgan fingerprint density at radius 2 is 2.09 bits per heavy atom. The summed E-state index contributed by atoms with van der Waals surface area (Å²) in [5.74, 6) is 0.561. The first kappa shape index (κ1) is 8.97. The molecule has 0 amide bonds. The molecule has 0 aliphatic heterocycles. The number of aliphatic hydroxyl groups is 2. The molecule has 0 spiro atoms. The molecule has 0 aromatic rings. The Balaban J connectivity index is 2.34. The van der Waals surface area contributed by atoms with Crippen molar-refractivity contribution in [3.8, 4) is 0 Å². The molecule has 1 saturated carbocycles. The topological polar surface area (TPSA) is 66.5 Å². The van der Waals surface area contributed by atoms with Crippen molar-refractivity contribution in [2.75, 3.05) is 13.2 Å². The van der Waals surface area contributed by atoms with Gasteiger partial charge in [-0.15, -0.1) is 0 Å². The van der Waals surface area contributed by atoms with E-state index in [2.05, 4.69) is 0 Å². The zero-order valence-electron chi connectivity index (χ0n) is 6.74. The van der Waals surface area contributed by atoms with Gasteiger partial charge in [-0.3, -0.25) is 0 Å². The smallest absolute Gasteiger partial charge is 0.0593 e. The van der Waals surface area contributed by atoms with E-state index in [0.717, 1.165) is 19.3 Å². The van der Waals surface area contributed by atoms with Crippen LogP contribution < -0.4 is 5.73 Å². The van der Waals surface area contributed by atoms with E-state index in [-0.39, 0.29) is 18.6 Å². The second-order valence-electron chi connectivity index (χ2n) is 3.42. The molecule has 11 heavy (non-hydrogen) atoms. The van der Waals surface area contributed by atoms with Crippen molar-refractivity contribution in [2.24, 2.45) is 17.6 Å². The van der Waals surface area contributed by atoms with Crippen molar-refractivity contribution in [3.63, 3.8) is 0 Å². The molecule has 3 unspecified atom stereocenters. The lowest BCUT2D eigenvalue weighted by atomic mass is 9.80. The van der Waals surface area contributed by atoms with E-state index in [0.29, 0.717) is 12.5 Å². The van der Waals surface area contributed by atoms with E-state index < -0.39 is 0 Å². The van der Waals surface area contributed by atoms with Gasteiger partial charge < -0.3 is 15.9 Å². The standard InChI is InChI=1S/C8H17NO2/c9-4-6-1-2-7(5-10)8(11)3-6/h6-8,10-11H,1-5,9H2. The van der Waals surface area contributed by atoms with Gasteiger partial charge in [-0.05, 0) is 31.7 Å². The van der Waals surface area contributed by atoms with Crippen LogP contribution in [0.1, 0.15) is 19.3 Å². The second-order valence-corrected chi connectivity index (χ2v) is 3.42. The highest BCUT2D eigenvalue weighted by atomic mass is 16.3. The molecule has 1 fully saturated rings. The third-order valence-corrected chi connectivity index (χ3v) is 2.63. The minimum atomic E-state index is -0.331. The van der Waals surface area contributed by atoms with E-state index in [1.807, 2.05) is 0 Å². The highest BCUT2D eigenvalue weighted by molar-refractivity contribution is 4.79. The molecule has 4 N–H and O–H groups in total. The van der Waals surface area contributed by atoms with Gasteiger partial charge in [0.05, 0.1) is 6.10 Å². The Hall–Kier alpha value is -0.120. The van der Waals surface area contributed by atoms with E-state index in [1.54, 1.807) is 0 Å². The molecule has 0 aromatic heterocycles. The molecule has 66 valence electrons. The summed E-state index contributed by atoms with van der Waals surface area (Å²) in [6.45, 7) is 0.771. The van der Waals surface area contributed by atoms with Crippen LogP contribution >= 0.6 is 0 Å². The van der Waals surface area contributed by atoms with Gasteiger partial charge in [0.2, 0.25) is 0 Å². The third-order valence-electron chi connectivity index (χ3n) is 2.63. The average molecular weight is 159 g/mol. The first-order valence-electron chi connectivity index (χ1n) is 4.27. The predicted octanol–water partition coefficient (Wildman–Crippen LogP) is -0.285. The van der Waals surface area contributed by atoms with Crippen molar-refractivity contribution in [3.05, 3.63) is 0 Å². The van der Waals surface area contributed by atoms with Gasteiger partial charge in [-0.25, -0.2) is 0 Å². The maximum Gasteiger partial charge on any atom is 0.0593 e. The lowest BCUT2D eigenvalue weighted by Gasteiger charge is -2.31. The van der Waals surface area contributed by atoms with Crippen LogP contribution in [0.3, 0.4) is 0 Å². The lowest BCUT2D eigenvalue weighted by Crippen LogP contribution is -2.34. The molecule has 3 heteroatoms. The van der Waals surface area contributed by atoms with Gasteiger partial charge in [-0.1, -0.05) is 0 Å². The quantitative estimate of drug-likeness (QED) is 0.519. The van der Waals surface area contributed by atoms with Gasteiger partial charge in [-0.2, -0.15) is 0 Å². The highest BCUT2D eigenvalue weighted by Gasteiger charge is 2.27. The molecule has 0 bridgehead atoms. The highest BCUT2D eigenvalue weighted by Crippen LogP contribution is 2.27. The molecule has 0 saturated heterocycles. The number of nitrogens with two attached hydrogens (primary N) is 1. The van der Waals surface area contributed by atoms with Crippen LogP contribution in [0.15, 0.2) is 0 Å². The fraction of sp³-hybridized carbons (Fsp3) is 1.00. The zero-order valence-corrected chi connectivity index (χ0v) is 6.74. The molecule has 3 nitrogen and oxygen atoms in total. The maximum absolute atomic E-state index is 9.45. The molecule has 0 aromatic carbocycles. The third kappa shape index (κ3) is 2.15. The summed E-state index contributed by atoms with van der Waals surface area (Å²) in [5, 5.41) is 18.3. The maximum atomic E-state index is 9.45. The summed E-state index contributed by atoms with van der Waals surface area (Å²) in [6, 6.07) is 0. The van der Waals surface area contributed by atoms with Gasteiger partial charge >= 0.3 is 0 Å². The summed E-state index contributed by atoms with van der Waals surface area (Å²) < 4.78 is 0. The van der Waals surface area contributed by atoms with Gasteiger partial charge in [0.15, 0.2) is 0 Å². The summed E-state index contributed by atoms with van der Waals surface area (Å²) in [6.07, 6.45) is 2.40. The summed E-state index contributed by atoms with van der Waals surface area (Å²) in [7, 11) is 0. The Bertz CT molecular complexity index is 119. The average Bonchev–Trinajstić information content (AvgIpc) is 2.04. The molecule has 1 rings (SSSR count). The lowest BCUT2D eigenvalue weighted by molar-refractivity contribution is 0.0174. The van der Waals surface area contributed by atoms with Crippen LogP contribution in [0.5, 0.6) is 0 Å². The Kier molecular flexibility index (Phi) is 3.30. The molecule has 3 atom stereocenters. The van der Waals surface area contributed by atoms with Crippen LogP contribution in [0.2, 0.25) is 0 Å². The Morgan fingerprint density at radius 3 is 2.55 bits per heavy atom. The minimum absolute atomic E-state index is 0.0952. The van der Waals surface area contributed by atoms with Gasteiger partial charge in [0.25, 0.3) is 0 Å². The number of hydrogen-bond donors (Lipinski definition) is 3. The van der Waals surface area contributed by atoms with E-state index in [1.165, 1.54) is 0 Å². The van der Waals surface area contributed by atoms with Crippen LogP contribution in [0, 0.1) is 11.8 Å². The van der Waals surface area contributed by atoms with E-state index in [9.17, 15) is 5.11 Å². The van der Waals surface area contributed by atoms with Crippen LogP contribution in [0.4, 0.5) is 0 Å². The van der Waals surface area contributed by atoms with Gasteiger partial charge in [0.1, 0.15) is 0 Å². The number of hydrogen-bond acceptors (Lipinski definition) is 3. The summed E-state index contributed by atoms with van der Waals surface area (Å²) in [5.41, 5.74) is 5.48. The fourth-order valence-corrected chi connectivity index (χ4v) is 1.72. The first-order valence-corrected chi connectivity index (χ1v) is 4.27. The van der Waals surface area contributed by atoms with Crippen molar-refractivity contribution < 1.29 is 10.2 Å². The van der Waals surface area contributed by atoms with Crippen molar-refractivity contribution in [2.45, 2.75) is 25.4 Å². The molecule has 0 radical (unpaired) electrons. The van der Waals surface area contributed by atoms with Crippen molar-refractivity contribution >= 4 is 0 Å². The van der Waals surface area contributed by atoms with Gasteiger partial charge in [0, 0.05) is 12.5 Å². The second kappa shape index (κ2) is 4.04. The van der Waals surface area contributed by atoms with E-state index >= 15 is 0 Å². The van der Waals surface area contributed by atoms with Crippen LogP contribution in [-0.2, 0) is 0 Å². The predicted molar refractivity (Wildman–Crippen MR) is 43.0 cm³/mol. The minimum Gasteiger partial charge on any atom is -0.396 e. The number of aliphatic hydroxyl groups excluding tert-OH is 2. The molecular weight excluding hydrogens is 142 g/mol. The number of rotatable bonds is 2. The molecule has 1 aliphatic carbocycles. The van der Waals surface area contributed by atoms with E-state index in [4.69, 9.17) is 10.8 Å². The molecule has 1 aliphatic rings. The monoisotopic (exact) mass is 159 g/mol. The Morgan fingerprint density at radius 1 is 1.36 bits per heavy atom. The fourth-order valence-electron chi connectivity index (χ4n) is 1.72. The largest absolute Gasteiger partial charge is 0.396 e. The van der Waals surface area contributed by atoms with Crippen LogP contribution in [0.25, 0.3) is 0 Å². The summed E-state index contributed by atoms with van der Waals surface area (Å²) >= 11 is 0.